The quantitative estimate of drug-likeness (QED) is 0.643. The number of esters is 1. The topological polar surface area (TPSA) is 61.5 Å². The highest BCUT2D eigenvalue weighted by Gasteiger charge is 2.22. The Hall–Kier alpha value is -1.71. The standard InChI is InChI=1S/C17H25NO3/c1-2-13-6-8-15(9-7-13)21-17(19)10-11-20-16-5-3-4-14(18)12-16/h3-5,12-13,15H,2,6-11,18H2,1H3. The van der Waals surface area contributed by atoms with Crippen LogP contribution >= 0.6 is 0 Å². The number of nitrogens with two attached hydrogens (primary N) is 1. The van der Waals surface area contributed by atoms with Crippen LogP contribution in [0.15, 0.2) is 24.3 Å². The fourth-order valence-corrected chi connectivity index (χ4v) is 2.76. The second-order valence-electron chi connectivity index (χ2n) is 5.71. The molecule has 1 fully saturated rings. The molecule has 4 heteroatoms. The van der Waals surface area contributed by atoms with E-state index in [9.17, 15) is 4.79 Å². The van der Waals surface area contributed by atoms with Gasteiger partial charge in [0.1, 0.15) is 11.9 Å². The van der Waals surface area contributed by atoms with Gasteiger partial charge in [-0.25, -0.2) is 0 Å². The van der Waals surface area contributed by atoms with Gasteiger partial charge in [-0.05, 0) is 43.7 Å². The Morgan fingerprint density at radius 1 is 1.29 bits per heavy atom. The van der Waals surface area contributed by atoms with Gasteiger partial charge in [0.2, 0.25) is 0 Å². The van der Waals surface area contributed by atoms with Gasteiger partial charge in [-0.1, -0.05) is 19.4 Å². The van der Waals surface area contributed by atoms with Crippen molar-refractivity contribution >= 4 is 11.7 Å². The highest BCUT2D eigenvalue weighted by molar-refractivity contribution is 5.69. The molecule has 0 spiro atoms. The number of carbonyl (C=O) groups excluding carboxylic acids is 1. The molecule has 2 rings (SSSR count). The molecule has 0 heterocycles. The van der Waals surface area contributed by atoms with Crippen molar-refractivity contribution < 1.29 is 14.3 Å². The molecular weight excluding hydrogens is 266 g/mol. The first kappa shape index (κ1) is 15.7. The second-order valence-corrected chi connectivity index (χ2v) is 5.71. The number of ether oxygens (including phenoxy) is 2. The lowest BCUT2D eigenvalue weighted by Crippen LogP contribution is -2.25. The third kappa shape index (κ3) is 5.29. The summed E-state index contributed by atoms with van der Waals surface area (Å²) in [4.78, 5) is 11.8. The van der Waals surface area contributed by atoms with Gasteiger partial charge in [-0.2, -0.15) is 0 Å². The molecule has 1 aliphatic carbocycles. The Balaban J connectivity index is 1.64. The van der Waals surface area contributed by atoms with Gasteiger partial charge in [0.25, 0.3) is 0 Å². The molecule has 0 unspecified atom stereocenters. The molecule has 0 aromatic heterocycles. The maximum Gasteiger partial charge on any atom is 0.309 e. The zero-order valence-electron chi connectivity index (χ0n) is 12.7. The first-order valence-electron chi connectivity index (χ1n) is 7.85. The summed E-state index contributed by atoms with van der Waals surface area (Å²) < 4.78 is 11.0. The highest BCUT2D eigenvalue weighted by Crippen LogP contribution is 2.28. The smallest absolute Gasteiger partial charge is 0.309 e. The Bertz CT molecular complexity index is 453. The highest BCUT2D eigenvalue weighted by atomic mass is 16.5. The number of benzene rings is 1. The molecule has 0 atom stereocenters. The number of nitrogen functional groups attached to an aromatic ring is 1. The van der Waals surface area contributed by atoms with E-state index >= 15 is 0 Å². The van der Waals surface area contributed by atoms with Gasteiger partial charge >= 0.3 is 5.97 Å². The van der Waals surface area contributed by atoms with Gasteiger partial charge in [0, 0.05) is 11.8 Å². The molecular formula is C17H25NO3. The van der Waals surface area contributed by atoms with E-state index in [-0.39, 0.29) is 18.5 Å². The molecule has 0 bridgehead atoms. The van der Waals surface area contributed by atoms with Crippen LogP contribution < -0.4 is 10.5 Å². The number of hydrogen-bond donors (Lipinski definition) is 1. The van der Waals surface area contributed by atoms with Crippen molar-refractivity contribution in [2.24, 2.45) is 5.92 Å². The van der Waals surface area contributed by atoms with Crippen LogP contribution in [0.2, 0.25) is 0 Å². The van der Waals surface area contributed by atoms with Crippen molar-refractivity contribution in [2.45, 2.75) is 51.6 Å². The van der Waals surface area contributed by atoms with E-state index in [1.165, 1.54) is 19.3 Å². The molecule has 1 aromatic rings. The summed E-state index contributed by atoms with van der Waals surface area (Å²) in [6, 6.07) is 7.20. The minimum absolute atomic E-state index is 0.104. The van der Waals surface area contributed by atoms with Crippen LogP contribution in [0.3, 0.4) is 0 Å². The van der Waals surface area contributed by atoms with Crippen LogP contribution in [0, 0.1) is 5.92 Å². The van der Waals surface area contributed by atoms with Gasteiger partial charge in [-0.15, -0.1) is 0 Å². The molecule has 1 saturated carbocycles. The number of rotatable bonds is 6. The van der Waals surface area contributed by atoms with Crippen molar-refractivity contribution in [2.75, 3.05) is 12.3 Å². The maximum atomic E-state index is 11.8. The van der Waals surface area contributed by atoms with Crippen molar-refractivity contribution in [3.8, 4) is 5.75 Å². The SMILES string of the molecule is CCC1CCC(OC(=O)CCOc2cccc(N)c2)CC1. The zero-order chi connectivity index (χ0) is 15.1. The van der Waals surface area contributed by atoms with Crippen molar-refractivity contribution in [1.29, 1.82) is 0 Å². The normalized spacial score (nSPS) is 21.8. The van der Waals surface area contributed by atoms with Gasteiger partial charge in [-0.3, -0.25) is 4.79 Å². The molecule has 1 aliphatic rings. The average Bonchev–Trinajstić information content (AvgIpc) is 2.48. The minimum atomic E-state index is -0.168. The second kappa shape index (κ2) is 7.91. The number of anilines is 1. The van der Waals surface area contributed by atoms with Crippen molar-refractivity contribution in [3.05, 3.63) is 24.3 Å². The summed E-state index contributed by atoms with van der Waals surface area (Å²) in [5.74, 6) is 1.33. The predicted octanol–water partition coefficient (Wildman–Crippen LogP) is 3.55. The lowest BCUT2D eigenvalue weighted by atomic mass is 9.86. The van der Waals surface area contributed by atoms with Crippen LogP contribution in [-0.2, 0) is 9.53 Å². The molecule has 2 N–H and O–H groups in total. The Morgan fingerprint density at radius 2 is 2.05 bits per heavy atom. The first-order chi connectivity index (χ1) is 10.2. The van der Waals surface area contributed by atoms with E-state index in [4.69, 9.17) is 15.2 Å². The third-order valence-electron chi connectivity index (χ3n) is 4.10. The summed E-state index contributed by atoms with van der Waals surface area (Å²) >= 11 is 0. The fraction of sp³-hybridized carbons (Fsp3) is 0.588. The monoisotopic (exact) mass is 291 g/mol. The predicted molar refractivity (Wildman–Crippen MR) is 83.1 cm³/mol. The van der Waals surface area contributed by atoms with Crippen LogP contribution in [-0.4, -0.2) is 18.7 Å². The van der Waals surface area contributed by atoms with Crippen LogP contribution in [0.1, 0.15) is 45.4 Å². The third-order valence-corrected chi connectivity index (χ3v) is 4.10. The Labute approximate surface area is 126 Å². The number of carbonyl (C=O) groups is 1. The van der Waals surface area contributed by atoms with Gasteiger partial charge in [0.05, 0.1) is 13.0 Å². The minimum Gasteiger partial charge on any atom is -0.493 e. The molecule has 0 radical (unpaired) electrons. The molecule has 116 valence electrons. The molecule has 0 saturated heterocycles. The van der Waals surface area contributed by atoms with E-state index in [0.29, 0.717) is 18.0 Å². The summed E-state index contributed by atoms with van der Waals surface area (Å²) in [6.45, 7) is 2.55. The van der Waals surface area contributed by atoms with E-state index in [0.717, 1.165) is 18.8 Å². The number of hydrogen-bond acceptors (Lipinski definition) is 4. The fourth-order valence-electron chi connectivity index (χ4n) is 2.76. The lowest BCUT2D eigenvalue weighted by molar-refractivity contribution is -0.151. The summed E-state index contributed by atoms with van der Waals surface area (Å²) in [7, 11) is 0. The van der Waals surface area contributed by atoms with Crippen LogP contribution in [0.5, 0.6) is 5.75 Å². The van der Waals surface area contributed by atoms with Crippen molar-refractivity contribution in [1.82, 2.24) is 0 Å². The van der Waals surface area contributed by atoms with Gasteiger partial charge < -0.3 is 15.2 Å². The summed E-state index contributed by atoms with van der Waals surface area (Å²) in [5, 5.41) is 0. The molecule has 0 amide bonds. The van der Waals surface area contributed by atoms with Crippen LogP contribution in [0.4, 0.5) is 5.69 Å². The Morgan fingerprint density at radius 3 is 2.71 bits per heavy atom. The van der Waals surface area contributed by atoms with E-state index < -0.39 is 0 Å². The van der Waals surface area contributed by atoms with Crippen molar-refractivity contribution in [3.63, 3.8) is 0 Å². The largest absolute Gasteiger partial charge is 0.493 e. The molecule has 0 aliphatic heterocycles. The molecule has 1 aromatic carbocycles. The van der Waals surface area contributed by atoms with E-state index in [2.05, 4.69) is 6.92 Å². The summed E-state index contributed by atoms with van der Waals surface area (Å²) in [5.41, 5.74) is 6.32. The lowest BCUT2D eigenvalue weighted by Gasteiger charge is -2.27. The van der Waals surface area contributed by atoms with Crippen LogP contribution in [0.25, 0.3) is 0 Å². The summed E-state index contributed by atoms with van der Waals surface area (Å²) in [6.07, 6.45) is 5.97. The zero-order valence-corrected chi connectivity index (χ0v) is 12.7. The Kier molecular flexibility index (Phi) is 5.90. The van der Waals surface area contributed by atoms with Gasteiger partial charge in [0.15, 0.2) is 0 Å². The average molecular weight is 291 g/mol. The van der Waals surface area contributed by atoms with E-state index in [1.807, 2.05) is 12.1 Å². The molecule has 21 heavy (non-hydrogen) atoms. The van der Waals surface area contributed by atoms with E-state index in [1.54, 1.807) is 12.1 Å². The maximum absolute atomic E-state index is 11.8. The molecule has 4 nitrogen and oxygen atoms in total. The first-order valence-corrected chi connectivity index (χ1v) is 7.85.